The topological polar surface area (TPSA) is 96.7 Å². The first kappa shape index (κ1) is 19.9. The van der Waals surface area contributed by atoms with E-state index in [9.17, 15) is 18.5 Å². The van der Waals surface area contributed by atoms with Gasteiger partial charge in [0.15, 0.2) is 4.90 Å². The molecule has 8 nitrogen and oxygen atoms in total. The van der Waals surface area contributed by atoms with Gasteiger partial charge in [-0.2, -0.15) is 4.31 Å². The van der Waals surface area contributed by atoms with Gasteiger partial charge in [-0.3, -0.25) is 15.0 Å². The van der Waals surface area contributed by atoms with E-state index in [2.05, 4.69) is 11.8 Å². The molecular formula is C19H20N4O4S2. The van der Waals surface area contributed by atoms with Crippen molar-refractivity contribution in [2.75, 3.05) is 26.2 Å². The number of nitrogens with zero attached hydrogens (tertiary/aromatic N) is 4. The van der Waals surface area contributed by atoms with Crippen molar-refractivity contribution < 1.29 is 13.3 Å². The van der Waals surface area contributed by atoms with Crippen LogP contribution in [0.15, 0.2) is 53.4 Å². The highest BCUT2D eigenvalue weighted by molar-refractivity contribution is 7.89. The number of benzene rings is 2. The van der Waals surface area contributed by atoms with Crippen molar-refractivity contribution in [2.45, 2.75) is 17.9 Å². The zero-order valence-corrected chi connectivity index (χ0v) is 17.4. The molecule has 1 aliphatic heterocycles. The van der Waals surface area contributed by atoms with Crippen LogP contribution in [0.4, 0.5) is 5.69 Å². The van der Waals surface area contributed by atoms with Crippen LogP contribution in [0.2, 0.25) is 0 Å². The number of fused-ring (bicyclic) bond motifs is 1. The first-order chi connectivity index (χ1) is 13.9. The molecule has 2 aromatic carbocycles. The number of nitro benzene ring substituents is 1. The fourth-order valence-corrected chi connectivity index (χ4v) is 6.15. The van der Waals surface area contributed by atoms with Gasteiger partial charge in [0.1, 0.15) is 5.01 Å². The van der Waals surface area contributed by atoms with Crippen molar-refractivity contribution in [1.29, 1.82) is 0 Å². The number of hydrogen-bond donors (Lipinski definition) is 0. The zero-order valence-electron chi connectivity index (χ0n) is 15.8. The van der Waals surface area contributed by atoms with E-state index in [4.69, 9.17) is 4.98 Å². The summed E-state index contributed by atoms with van der Waals surface area (Å²) in [6, 6.07) is 13.5. The molecule has 29 heavy (non-hydrogen) atoms. The number of hydrogen-bond acceptors (Lipinski definition) is 7. The minimum atomic E-state index is -3.92. The number of aromatic nitrogens is 1. The van der Waals surface area contributed by atoms with Crippen molar-refractivity contribution >= 4 is 37.3 Å². The molecule has 152 valence electrons. The van der Waals surface area contributed by atoms with Crippen molar-refractivity contribution in [3.63, 3.8) is 0 Å². The van der Waals surface area contributed by atoms with E-state index in [-0.39, 0.29) is 24.0 Å². The molecule has 1 unspecified atom stereocenters. The molecule has 0 N–H and O–H groups in total. The van der Waals surface area contributed by atoms with Crippen LogP contribution in [0.5, 0.6) is 0 Å². The maximum atomic E-state index is 13.0. The summed E-state index contributed by atoms with van der Waals surface area (Å²) in [5.41, 5.74) is 0.578. The zero-order chi connectivity index (χ0) is 20.6. The second-order valence-corrected chi connectivity index (χ2v) is 9.83. The molecule has 1 saturated heterocycles. The second-order valence-electron chi connectivity index (χ2n) is 6.86. The summed E-state index contributed by atoms with van der Waals surface area (Å²) in [4.78, 5) is 17.2. The van der Waals surface area contributed by atoms with Crippen LogP contribution in [0, 0.1) is 10.1 Å². The number of piperazine rings is 1. The fourth-order valence-electron chi connectivity index (χ4n) is 3.52. The Morgan fingerprint density at radius 2 is 1.72 bits per heavy atom. The third-order valence-electron chi connectivity index (χ3n) is 5.17. The maximum Gasteiger partial charge on any atom is 0.289 e. The van der Waals surface area contributed by atoms with Crippen LogP contribution < -0.4 is 0 Å². The van der Waals surface area contributed by atoms with Gasteiger partial charge in [-0.1, -0.05) is 24.3 Å². The molecule has 1 fully saturated rings. The summed E-state index contributed by atoms with van der Waals surface area (Å²) in [6.45, 7) is 3.71. The molecule has 2 heterocycles. The molecule has 10 heteroatoms. The second kappa shape index (κ2) is 7.79. The molecule has 1 aliphatic rings. The summed E-state index contributed by atoms with van der Waals surface area (Å²) in [5.74, 6) is 0. The molecular weight excluding hydrogens is 412 g/mol. The summed E-state index contributed by atoms with van der Waals surface area (Å²) in [6.07, 6.45) is 0. The highest BCUT2D eigenvalue weighted by Gasteiger charge is 2.34. The van der Waals surface area contributed by atoms with Gasteiger partial charge in [0.05, 0.1) is 21.2 Å². The van der Waals surface area contributed by atoms with Crippen LogP contribution >= 0.6 is 11.3 Å². The van der Waals surface area contributed by atoms with Gasteiger partial charge < -0.3 is 0 Å². The summed E-state index contributed by atoms with van der Waals surface area (Å²) >= 11 is 1.65. The standard InChI is InChI=1S/C19H20N4O4S2/c1-14(19-20-15-6-2-4-8-17(15)28-19)21-10-12-22(13-11-21)29(26,27)18-9-5-3-7-16(18)23(24)25/h2-9,14H,10-13H2,1H3. The number of rotatable bonds is 5. The molecule has 0 saturated carbocycles. The van der Waals surface area contributed by atoms with Crippen molar-refractivity contribution in [1.82, 2.24) is 14.2 Å². The van der Waals surface area contributed by atoms with Crippen molar-refractivity contribution in [3.8, 4) is 0 Å². The lowest BCUT2D eigenvalue weighted by molar-refractivity contribution is -0.387. The first-order valence-corrected chi connectivity index (χ1v) is 11.5. The molecule has 0 amide bonds. The highest BCUT2D eigenvalue weighted by Crippen LogP contribution is 2.31. The fraction of sp³-hybridized carbons (Fsp3) is 0.316. The quantitative estimate of drug-likeness (QED) is 0.453. The summed E-state index contributed by atoms with van der Waals surface area (Å²) in [7, 11) is -3.92. The van der Waals surface area contributed by atoms with E-state index in [1.165, 1.54) is 28.6 Å². The Hall–Kier alpha value is -2.40. The Bertz CT molecular complexity index is 1120. The molecule has 1 aromatic heterocycles. The van der Waals surface area contributed by atoms with Gasteiger partial charge in [-0.25, -0.2) is 13.4 Å². The van der Waals surface area contributed by atoms with Gasteiger partial charge in [0.25, 0.3) is 5.69 Å². The highest BCUT2D eigenvalue weighted by atomic mass is 32.2. The lowest BCUT2D eigenvalue weighted by Gasteiger charge is -2.36. The van der Waals surface area contributed by atoms with Gasteiger partial charge in [-0.15, -0.1) is 11.3 Å². The third-order valence-corrected chi connectivity index (χ3v) is 8.32. The van der Waals surface area contributed by atoms with Crippen LogP contribution in [0.3, 0.4) is 0 Å². The normalized spacial score (nSPS) is 17.4. The number of thiazole rings is 1. The van der Waals surface area contributed by atoms with E-state index in [1.807, 2.05) is 24.3 Å². The Labute approximate surface area is 172 Å². The molecule has 0 aliphatic carbocycles. The number of sulfonamides is 1. The third kappa shape index (κ3) is 3.76. The van der Waals surface area contributed by atoms with E-state index in [1.54, 1.807) is 11.3 Å². The van der Waals surface area contributed by atoms with Crippen LogP contribution in [0.1, 0.15) is 18.0 Å². The van der Waals surface area contributed by atoms with Gasteiger partial charge in [0.2, 0.25) is 10.0 Å². The minimum absolute atomic E-state index is 0.0725. The molecule has 0 spiro atoms. The maximum absolute atomic E-state index is 13.0. The monoisotopic (exact) mass is 432 g/mol. The predicted molar refractivity (Wildman–Crippen MR) is 111 cm³/mol. The average molecular weight is 433 g/mol. The van der Waals surface area contributed by atoms with Crippen LogP contribution in [-0.2, 0) is 10.0 Å². The Balaban J connectivity index is 1.49. The molecule has 1 atom stereocenters. The Kier molecular flexibility index (Phi) is 5.34. The molecule has 0 bridgehead atoms. The summed E-state index contributed by atoms with van der Waals surface area (Å²) in [5, 5.41) is 12.2. The lowest BCUT2D eigenvalue weighted by Crippen LogP contribution is -2.49. The van der Waals surface area contributed by atoms with E-state index in [0.717, 1.165) is 15.2 Å². The van der Waals surface area contributed by atoms with Gasteiger partial charge >= 0.3 is 0 Å². The van der Waals surface area contributed by atoms with Crippen LogP contribution in [-0.4, -0.2) is 53.7 Å². The Morgan fingerprint density at radius 1 is 1.07 bits per heavy atom. The molecule has 3 aromatic rings. The molecule has 4 rings (SSSR count). The van der Waals surface area contributed by atoms with Crippen molar-refractivity contribution in [3.05, 3.63) is 63.7 Å². The van der Waals surface area contributed by atoms with E-state index < -0.39 is 20.6 Å². The van der Waals surface area contributed by atoms with Gasteiger partial charge in [-0.05, 0) is 25.1 Å². The lowest BCUT2D eigenvalue weighted by atomic mass is 10.2. The predicted octanol–water partition coefficient (Wildman–Crippen LogP) is 3.27. The van der Waals surface area contributed by atoms with E-state index >= 15 is 0 Å². The van der Waals surface area contributed by atoms with Crippen molar-refractivity contribution in [2.24, 2.45) is 0 Å². The van der Waals surface area contributed by atoms with Crippen LogP contribution in [0.25, 0.3) is 10.2 Å². The SMILES string of the molecule is CC(c1nc2ccccc2s1)N1CCN(S(=O)(=O)c2ccccc2[N+](=O)[O-])CC1. The smallest absolute Gasteiger partial charge is 0.289 e. The Morgan fingerprint density at radius 3 is 2.41 bits per heavy atom. The average Bonchev–Trinajstić information content (AvgIpc) is 3.17. The van der Waals surface area contributed by atoms with Gasteiger partial charge in [0, 0.05) is 32.2 Å². The largest absolute Gasteiger partial charge is 0.292 e. The van der Waals surface area contributed by atoms with E-state index in [0.29, 0.717) is 13.1 Å². The number of para-hydroxylation sites is 2. The first-order valence-electron chi connectivity index (χ1n) is 9.21. The summed E-state index contributed by atoms with van der Waals surface area (Å²) < 4.78 is 28.4. The molecule has 0 radical (unpaired) electrons. The number of nitro groups is 1. The minimum Gasteiger partial charge on any atom is -0.292 e.